The number of rotatable bonds is 6. The summed E-state index contributed by atoms with van der Waals surface area (Å²) in [6.07, 6.45) is -2.97. The van der Waals surface area contributed by atoms with Crippen LogP contribution in [0.4, 0.5) is 22.0 Å². The van der Waals surface area contributed by atoms with Gasteiger partial charge in [0.2, 0.25) is 0 Å². The van der Waals surface area contributed by atoms with Gasteiger partial charge in [-0.25, -0.2) is 17.2 Å². The van der Waals surface area contributed by atoms with Crippen LogP contribution in [0, 0.1) is 11.6 Å². The van der Waals surface area contributed by atoms with Crippen molar-refractivity contribution in [3.8, 4) is 28.4 Å². The van der Waals surface area contributed by atoms with E-state index < -0.39 is 44.9 Å². The molecule has 3 aromatic rings. The Kier molecular flexibility index (Phi) is 6.50. The lowest BCUT2D eigenvalue weighted by molar-refractivity contribution is -0.275. The summed E-state index contributed by atoms with van der Waals surface area (Å²) in [5.74, 6) is -3.80. The average molecular weight is 489 g/mol. The fraction of sp³-hybridized carbons (Fsp3) is 0.190. The molecule has 0 N–H and O–H groups in total. The number of benzene rings is 2. The molecule has 0 aliphatic heterocycles. The monoisotopic (exact) mass is 489 g/mol. The maximum Gasteiger partial charge on any atom is 0.573 e. The molecule has 1 aromatic heterocycles. The lowest BCUT2D eigenvalue weighted by Crippen LogP contribution is -2.25. The van der Waals surface area contributed by atoms with Crippen molar-refractivity contribution in [1.29, 1.82) is 0 Å². The third kappa shape index (κ3) is 6.31. The quantitative estimate of drug-likeness (QED) is 0.475. The van der Waals surface area contributed by atoms with Crippen molar-refractivity contribution in [1.82, 2.24) is 4.57 Å². The summed E-state index contributed by atoms with van der Waals surface area (Å²) in [6, 6.07) is 7.31. The van der Waals surface area contributed by atoms with Crippen molar-refractivity contribution >= 4 is 9.84 Å². The van der Waals surface area contributed by atoms with E-state index >= 15 is 0 Å². The highest BCUT2D eigenvalue weighted by Gasteiger charge is 2.33. The predicted octanol–water partition coefficient (Wildman–Crippen LogP) is 4.57. The second-order valence-corrected chi connectivity index (χ2v) is 9.27. The van der Waals surface area contributed by atoms with Crippen LogP contribution >= 0.6 is 0 Å². The molecule has 6 nitrogen and oxygen atoms in total. The third-order valence-corrected chi connectivity index (χ3v) is 5.13. The summed E-state index contributed by atoms with van der Waals surface area (Å²) < 4.78 is 99.1. The number of halogens is 5. The Labute approximate surface area is 184 Å². The number of ether oxygens (including phenoxy) is 2. The van der Waals surface area contributed by atoms with Crippen molar-refractivity contribution < 1.29 is 39.8 Å². The summed E-state index contributed by atoms with van der Waals surface area (Å²) in [5, 5.41) is 0. The molecule has 0 saturated carbocycles. The molecule has 12 heteroatoms. The first-order valence-electron chi connectivity index (χ1n) is 9.12. The first kappa shape index (κ1) is 24.2. The molecule has 1 heterocycles. The number of pyridine rings is 1. The molecule has 0 saturated heterocycles. The van der Waals surface area contributed by atoms with Gasteiger partial charge in [-0.15, -0.1) is 13.2 Å². The third-order valence-electron chi connectivity index (χ3n) is 4.27. The van der Waals surface area contributed by atoms with E-state index in [-0.39, 0.29) is 28.2 Å². The fourth-order valence-corrected chi connectivity index (χ4v) is 3.77. The second kappa shape index (κ2) is 8.85. The highest BCUT2D eigenvalue weighted by atomic mass is 32.2. The molecule has 0 aliphatic carbocycles. The molecule has 0 atom stereocenters. The Morgan fingerprint density at radius 1 is 0.970 bits per heavy atom. The van der Waals surface area contributed by atoms with E-state index in [4.69, 9.17) is 4.74 Å². The molecule has 0 fully saturated rings. The van der Waals surface area contributed by atoms with E-state index in [2.05, 4.69) is 4.74 Å². The van der Waals surface area contributed by atoms with Crippen molar-refractivity contribution in [2.75, 3.05) is 6.26 Å². The van der Waals surface area contributed by atoms with Gasteiger partial charge in [0.25, 0.3) is 5.56 Å². The van der Waals surface area contributed by atoms with E-state index in [9.17, 15) is 35.2 Å². The second-order valence-electron chi connectivity index (χ2n) is 7.13. The zero-order chi connectivity index (χ0) is 24.6. The van der Waals surface area contributed by atoms with Crippen LogP contribution in [-0.2, 0) is 22.6 Å². The molecule has 0 bridgehead atoms. The number of aryl methyl sites for hydroxylation is 1. The van der Waals surface area contributed by atoms with Crippen LogP contribution in [0.15, 0.2) is 53.5 Å². The minimum atomic E-state index is -5.14. The molecule has 0 amide bonds. The van der Waals surface area contributed by atoms with Crippen LogP contribution in [0.1, 0.15) is 5.56 Å². The van der Waals surface area contributed by atoms with Crippen LogP contribution in [0.2, 0.25) is 0 Å². The normalized spacial score (nSPS) is 12.0. The van der Waals surface area contributed by atoms with Gasteiger partial charge in [0.05, 0.1) is 5.75 Å². The highest BCUT2D eigenvalue weighted by molar-refractivity contribution is 7.89. The van der Waals surface area contributed by atoms with Crippen LogP contribution in [0.5, 0.6) is 17.2 Å². The highest BCUT2D eigenvalue weighted by Crippen LogP contribution is 2.36. The van der Waals surface area contributed by atoms with E-state index in [0.717, 1.165) is 29.0 Å². The Bertz CT molecular complexity index is 1370. The number of alkyl halides is 3. The Hall–Kier alpha value is -3.41. The van der Waals surface area contributed by atoms with Crippen molar-refractivity contribution in [3.05, 3.63) is 76.2 Å². The molecule has 33 heavy (non-hydrogen) atoms. The van der Waals surface area contributed by atoms with Crippen molar-refractivity contribution in [3.63, 3.8) is 0 Å². The van der Waals surface area contributed by atoms with Gasteiger partial charge in [0.1, 0.15) is 11.6 Å². The van der Waals surface area contributed by atoms with E-state index in [1.54, 1.807) is 0 Å². The summed E-state index contributed by atoms with van der Waals surface area (Å²) in [4.78, 5) is 12.1. The van der Waals surface area contributed by atoms with Gasteiger partial charge in [-0.1, -0.05) is 6.07 Å². The van der Waals surface area contributed by atoms with Gasteiger partial charge in [-0.05, 0) is 35.9 Å². The molecule has 0 aliphatic rings. The average Bonchev–Trinajstić information content (AvgIpc) is 2.66. The van der Waals surface area contributed by atoms with Crippen molar-refractivity contribution in [2.24, 2.45) is 7.05 Å². The van der Waals surface area contributed by atoms with Crippen LogP contribution in [-0.4, -0.2) is 25.6 Å². The molecular weight excluding hydrogens is 473 g/mol. The molecular formula is C21H16F5NO5S. The molecule has 176 valence electrons. The van der Waals surface area contributed by atoms with E-state index in [0.29, 0.717) is 6.07 Å². The molecule has 3 rings (SSSR count). The number of hydrogen-bond acceptors (Lipinski definition) is 5. The Morgan fingerprint density at radius 3 is 2.24 bits per heavy atom. The number of sulfone groups is 1. The lowest BCUT2D eigenvalue weighted by atomic mass is 10.0. The summed E-state index contributed by atoms with van der Waals surface area (Å²) in [5.41, 5.74) is -0.784. The molecule has 0 radical (unpaired) electrons. The first-order valence-corrected chi connectivity index (χ1v) is 11.2. The summed E-state index contributed by atoms with van der Waals surface area (Å²) in [6.45, 7) is 0. The van der Waals surface area contributed by atoms with Gasteiger partial charge in [0, 0.05) is 36.7 Å². The van der Waals surface area contributed by atoms with Gasteiger partial charge in [0.15, 0.2) is 27.2 Å². The minimum Gasteiger partial charge on any atom is -0.454 e. The first-order chi connectivity index (χ1) is 15.2. The standard InChI is InChI=1S/C21H16F5NO5S/c1-27-10-13(8-19(20(27)28)32-21(24,25)26)15-7-12(11-33(2,29)30)3-5-17(15)31-18-6-4-14(22)9-16(18)23/h3-10H,11H2,1-2H3. The summed E-state index contributed by atoms with van der Waals surface area (Å²) in [7, 11) is -2.29. The van der Waals surface area contributed by atoms with Crippen LogP contribution in [0.25, 0.3) is 11.1 Å². The van der Waals surface area contributed by atoms with Gasteiger partial charge in [-0.2, -0.15) is 0 Å². The Morgan fingerprint density at radius 2 is 1.64 bits per heavy atom. The van der Waals surface area contributed by atoms with Crippen molar-refractivity contribution in [2.45, 2.75) is 12.1 Å². The van der Waals surface area contributed by atoms with Gasteiger partial charge >= 0.3 is 6.36 Å². The fourth-order valence-electron chi connectivity index (χ4n) is 2.99. The topological polar surface area (TPSA) is 74.6 Å². The molecule has 0 unspecified atom stereocenters. The van der Waals surface area contributed by atoms with Gasteiger partial charge in [-0.3, -0.25) is 4.79 Å². The smallest absolute Gasteiger partial charge is 0.454 e. The number of aromatic nitrogens is 1. The maximum atomic E-state index is 14.1. The van der Waals surface area contributed by atoms with Crippen LogP contribution in [0.3, 0.4) is 0 Å². The molecule has 2 aromatic carbocycles. The summed E-state index contributed by atoms with van der Waals surface area (Å²) >= 11 is 0. The molecule has 0 spiro atoms. The van der Waals surface area contributed by atoms with Crippen LogP contribution < -0.4 is 15.0 Å². The number of hydrogen-bond donors (Lipinski definition) is 0. The predicted molar refractivity (Wildman–Crippen MR) is 109 cm³/mol. The minimum absolute atomic E-state index is 0.00998. The van der Waals surface area contributed by atoms with E-state index in [1.165, 1.54) is 31.4 Å². The van der Waals surface area contributed by atoms with E-state index in [1.807, 2.05) is 0 Å². The largest absolute Gasteiger partial charge is 0.573 e. The zero-order valence-electron chi connectivity index (χ0n) is 17.1. The maximum absolute atomic E-state index is 14.1. The van der Waals surface area contributed by atoms with Gasteiger partial charge < -0.3 is 14.0 Å². The number of nitrogens with zero attached hydrogens (tertiary/aromatic N) is 1. The SMILES string of the molecule is Cn1cc(-c2cc(CS(C)(=O)=O)ccc2Oc2ccc(F)cc2F)cc(OC(F)(F)F)c1=O. The zero-order valence-corrected chi connectivity index (χ0v) is 17.9. The lowest BCUT2D eigenvalue weighted by Gasteiger charge is -2.16. The Balaban J connectivity index is 2.18.